The first-order valence-electron chi connectivity index (χ1n) is 9.52. The molecule has 0 amide bonds. The molecule has 10 heteroatoms. The molecule has 0 saturated heterocycles. The zero-order chi connectivity index (χ0) is 22.7. The Morgan fingerprint density at radius 1 is 1.03 bits per heavy atom. The Balaban J connectivity index is 0.000000516. The molecule has 170 valence electrons. The Kier molecular flexibility index (Phi) is 7.14. The van der Waals surface area contributed by atoms with Crippen LogP contribution in [0.25, 0.3) is 0 Å². The van der Waals surface area contributed by atoms with Crippen molar-refractivity contribution in [2.45, 2.75) is 53.5 Å². The van der Waals surface area contributed by atoms with Crippen molar-refractivity contribution in [3.8, 4) is 0 Å². The summed E-state index contributed by atoms with van der Waals surface area (Å²) in [4.78, 5) is 2.38. The van der Waals surface area contributed by atoms with E-state index >= 15 is 0 Å². The summed E-state index contributed by atoms with van der Waals surface area (Å²) in [6.07, 6.45) is 4.33. The van der Waals surface area contributed by atoms with Gasteiger partial charge in [0, 0.05) is 5.41 Å². The van der Waals surface area contributed by atoms with Crippen LogP contribution in [-0.4, -0.2) is 41.8 Å². The molecule has 0 bridgehead atoms. The number of rotatable bonds is 5. The number of aliphatic hydroxyl groups is 1. The molecule has 0 fully saturated rings. The average molecular weight is 448 g/mol. The van der Waals surface area contributed by atoms with Gasteiger partial charge in [-0.25, -0.2) is 4.90 Å². The van der Waals surface area contributed by atoms with E-state index < -0.39 is 7.81 Å². The van der Waals surface area contributed by atoms with Crippen molar-refractivity contribution in [2.24, 2.45) is 5.41 Å². The summed E-state index contributed by atoms with van der Waals surface area (Å²) in [5.74, 6) is 0. The predicted molar refractivity (Wildman–Crippen MR) is 108 cm³/mol. The van der Waals surface area contributed by atoms with Crippen LogP contribution in [0.3, 0.4) is 0 Å². The van der Waals surface area contributed by atoms with Crippen LogP contribution in [-0.2, 0) is 12.8 Å². The Hall–Kier alpha value is -1.34. The summed E-state index contributed by atoms with van der Waals surface area (Å²) in [6.45, 7) is 13.2. The van der Waals surface area contributed by atoms with Gasteiger partial charge in [0.2, 0.25) is 6.34 Å². The summed E-state index contributed by atoms with van der Waals surface area (Å²) >= 11 is 0. The summed E-state index contributed by atoms with van der Waals surface area (Å²) in [7, 11) is -10.7. The van der Waals surface area contributed by atoms with Gasteiger partial charge in [0.25, 0.3) is 0 Å². The van der Waals surface area contributed by atoms with Crippen LogP contribution in [0.5, 0.6) is 0 Å². The molecule has 1 aromatic rings. The van der Waals surface area contributed by atoms with E-state index in [-0.39, 0.29) is 18.1 Å². The van der Waals surface area contributed by atoms with Crippen LogP contribution < -0.4 is 4.90 Å². The maximum absolute atomic E-state index is 10.7. The van der Waals surface area contributed by atoms with E-state index in [1.54, 1.807) is 0 Å². The molecule has 0 radical (unpaired) electrons. The number of hydrogen-bond donors (Lipinski definition) is 1. The van der Waals surface area contributed by atoms with Crippen molar-refractivity contribution < 1.29 is 34.9 Å². The van der Waals surface area contributed by atoms with Gasteiger partial charge in [0.1, 0.15) is 24.8 Å². The monoisotopic (exact) mass is 448 g/mol. The quantitative estimate of drug-likeness (QED) is 0.318. The van der Waals surface area contributed by atoms with Crippen LogP contribution >= 0.6 is 7.81 Å². The van der Waals surface area contributed by atoms with Gasteiger partial charge in [-0.15, -0.1) is 0 Å². The predicted octanol–water partition coefficient (Wildman–Crippen LogP) is 6.46. The molecule has 1 heterocycles. The molecule has 2 rings (SSSR count). The fourth-order valence-corrected chi connectivity index (χ4v) is 3.38. The van der Waals surface area contributed by atoms with E-state index in [1.807, 2.05) is 0 Å². The van der Waals surface area contributed by atoms with E-state index in [0.29, 0.717) is 0 Å². The van der Waals surface area contributed by atoms with Crippen LogP contribution in [0.2, 0.25) is 0 Å². The first-order valence-corrected chi connectivity index (χ1v) is 11.6. The van der Waals surface area contributed by atoms with Gasteiger partial charge in [-0.3, -0.25) is 4.58 Å². The fraction of sp³-hybridized carbons (Fsp3) is 0.632. The van der Waals surface area contributed by atoms with Crippen molar-refractivity contribution in [1.82, 2.24) is 0 Å². The fourth-order valence-electron chi connectivity index (χ4n) is 3.38. The van der Waals surface area contributed by atoms with Crippen LogP contribution in [0.15, 0.2) is 18.2 Å². The SMILES string of the molecule is CCc1cccc(CC)c1N1C=[N+]([C@H](CO)C(C)(C)C)CC1.F[P-](F)(F)(F)(F)F. The molecule has 1 atom stereocenters. The number of aryl methyl sites for hydroxylation is 2. The molecule has 0 aromatic heterocycles. The van der Waals surface area contributed by atoms with Crippen molar-refractivity contribution in [1.29, 1.82) is 0 Å². The third-order valence-corrected chi connectivity index (χ3v) is 4.71. The zero-order valence-electron chi connectivity index (χ0n) is 17.5. The normalized spacial score (nSPS) is 18.3. The van der Waals surface area contributed by atoms with Crippen LogP contribution in [0, 0.1) is 5.41 Å². The number of nitrogens with zero attached hydrogens (tertiary/aromatic N) is 2. The topological polar surface area (TPSA) is 26.5 Å². The Morgan fingerprint density at radius 2 is 1.48 bits per heavy atom. The number of benzene rings is 1. The molecule has 1 aliphatic rings. The molecular weight excluding hydrogens is 417 g/mol. The van der Waals surface area contributed by atoms with E-state index in [2.05, 4.69) is 68.6 Å². The Morgan fingerprint density at radius 3 is 1.83 bits per heavy atom. The average Bonchev–Trinajstić information content (AvgIpc) is 2.99. The third-order valence-electron chi connectivity index (χ3n) is 4.71. The number of aliphatic hydroxyl groups excluding tert-OH is 1. The van der Waals surface area contributed by atoms with E-state index in [1.165, 1.54) is 16.8 Å². The second-order valence-corrected chi connectivity index (χ2v) is 10.1. The van der Waals surface area contributed by atoms with Crippen molar-refractivity contribution in [3.63, 3.8) is 0 Å². The van der Waals surface area contributed by atoms with E-state index in [4.69, 9.17) is 0 Å². The van der Waals surface area contributed by atoms with Gasteiger partial charge in [0.15, 0.2) is 0 Å². The van der Waals surface area contributed by atoms with Gasteiger partial charge in [-0.05, 0) is 24.0 Å². The molecule has 29 heavy (non-hydrogen) atoms. The summed E-state index contributed by atoms with van der Waals surface area (Å²) in [5.41, 5.74) is 4.27. The molecule has 1 aliphatic heterocycles. The van der Waals surface area contributed by atoms with Crippen molar-refractivity contribution in [3.05, 3.63) is 29.3 Å². The number of anilines is 1. The molecule has 1 aromatic carbocycles. The Bertz CT molecular complexity index is 708. The minimum atomic E-state index is -10.7. The first kappa shape index (κ1) is 25.7. The summed E-state index contributed by atoms with van der Waals surface area (Å²) < 4.78 is 61.5. The van der Waals surface area contributed by atoms with Crippen LogP contribution in [0.1, 0.15) is 45.7 Å². The standard InChI is InChI=1S/C19H31N2O.F6P/c1-6-15-9-8-10-16(7-2)18(15)21-12-11-20(14-21)17(13-22)19(3,4)5;1-7(2,3,4,5)6/h8-10,14,17,22H,6-7,11-13H2,1-5H3;/q+1;-1/t17-;/m1./s1. The first-order chi connectivity index (χ1) is 12.9. The third kappa shape index (κ3) is 9.34. The van der Waals surface area contributed by atoms with E-state index in [0.717, 1.165) is 25.9 Å². The number of hydrogen-bond acceptors (Lipinski definition) is 2. The number of halogens is 6. The molecule has 0 unspecified atom stereocenters. The maximum atomic E-state index is 9.87. The second kappa shape index (κ2) is 8.06. The van der Waals surface area contributed by atoms with Crippen LogP contribution in [0.4, 0.5) is 30.9 Å². The van der Waals surface area contributed by atoms with Gasteiger partial charge in [-0.2, -0.15) is 0 Å². The molecule has 1 N–H and O–H groups in total. The van der Waals surface area contributed by atoms with Gasteiger partial charge < -0.3 is 5.11 Å². The zero-order valence-corrected chi connectivity index (χ0v) is 18.4. The summed E-state index contributed by atoms with van der Waals surface area (Å²) in [5, 5.41) is 9.80. The molecule has 0 saturated carbocycles. The van der Waals surface area contributed by atoms with Gasteiger partial charge >= 0.3 is 33.0 Å². The molecule has 0 spiro atoms. The second-order valence-electron chi connectivity index (χ2n) is 8.20. The van der Waals surface area contributed by atoms with E-state index in [9.17, 15) is 30.3 Å². The Labute approximate surface area is 168 Å². The molecule has 3 nitrogen and oxygen atoms in total. The molecular formula is C19H31F6N2OP. The van der Waals surface area contributed by atoms with Crippen molar-refractivity contribution >= 4 is 19.8 Å². The van der Waals surface area contributed by atoms with Gasteiger partial charge in [0.05, 0.1) is 6.61 Å². The van der Waals surface area contributed by atoms with Gasteiger partial charge in [-0.1, -0.05) is 52.8 Å². The molecule has 0 aliphatic carbocycles. The van der Waals surface area contributed by atoms with Crippen molar-refractivity contribution in [2.75, 3.05) is 24.6 Å². The summed E-state index contributed by atoms with van der Waals surface area (Å²) in [6, 6.07) is 6.80. The number of para-hydroxylation sites is 1. The minimum absolute atomic E-state index is 0.0686.